The molecule has 1 fully saturated rings. The summed E-state index contributed by atoms with van der Waals surface area (Å²) in [4.78, 5) is 25.0. The van der Waals surface area contributed by atoms with Gasteiger partial charge in [-0.3, -0.25) is 4.79 Å². The van der Waals surface area contributed by atoms with E-state index in [1.54, 1.807) is 16.2 Å². The van der Waals surface area contributed by atoms with E-state index in [9.17, 15) is 4.79 Å². The Labute approximate surface area is 121 Å². The van der Waals surface area contributed by atoms with Crippen molar-refractivity contribution in [2.45, 2.75) is 6.92 Å². The van der Waals surface area contributed by atoms with E-state index in [0.29, 0.717) is 0 Å². The first-order chi connectivity index (χ1) is 9.72. The lowest BCUT2D eigenvalue weighted by atomic mass is 10.2. The molecule has 20 heavy (non-hydrogen) atoms. The summed E-state index contributed by atoms with van der Waals surface area (Å²) in [6.45, 7) is 5.08. The van der Waals surface area contributed by atoms with Gasteiger partial charge in [0.1, 0.15) is 10.6 Å². The molecule has 2 aromatic rings. The molecule has 106 valence electrons. The minimum Gasteiger partial charge on any atom is -0.372 e. The summed E-state index contributed by atoms with van der Waals surface area (Å²) in [6, 6.07) is 0. The second kappa shape index (κ2) is 5.24. The van der Waals surface area contributed by atoms with Crippen LogP contribution in [-0.4, -0.2) is 54.5 Å². The number of amides is 1. The van der Waals surface area contributed by atoms with E-state index in [1.165, 1.54) is 5.56 Å². The topological polar surface area (TPSA) is 61.4 Å². The highest BCUT2D eigenvalue weighted by molar-refractivity contribution is 7.17. The summed E-state index contributed by atoms with van der Waals surface area (Å²) < 4.78 is 0. The molecule has 0 saturated carbocycles. The molecule has 1 amide bonds. The van der Waals surface area contributed by atoms with Gasteiger partial charge in [0.15, 0.2) is 0 Å². The van der Waals surface area contributed by atoms with Crippen molar-refractivity contribution in [1.82, 2.24) is 14.9 Å². The van der Waals surface area contributed by atoms with Gasteiger partial charge in [-0.2, -0.15) is 4.98 Å². The van der Waals surface area contributed by atoms with E-state index in [2.05, 4.69) is 32.5 Å². The molecule has 2 aromatic heterocycles. The van der Waals surface area contributed by atoms with Crippen LogP contribution < -0.4 is 10.2 Å². The minimum absolute atomic E-state index is 0.725. The molecule has 0 spiro atoms. The summed E-state index contributed by atoms with van der Waals surface area (Å²) in [5, 5.41) is 6.37. The zero-order valence-electron chi connectivity index (χ0n) is 11.6. The lowest BCUT2D eigenvalue weighted by Gasteiger charge is -2.32. The largest absolute Gasteiger partial charge is 0.372 e. The monoisotopic (exact) mass is 291 g/mol. The van der Waals surface area contributed by atoms with Crippen LogP contribution in [0.25, 0.3) is 10.2 Å². The van der Waals surface area contributed by atoms with Crippen LogP contribution in [0.3, 0.4) is 0 Å². The van der Waals surface area contributed by atoms with Gasteiger partial charge < -0.3 is 15.1 Å². The van der Waals surface area contributed by atoms with Gasteiger partial charge >= 0.3 is 0 Å². The van der Waals surface area contributed by atoms with Gasteiger partial charge in [-0.25, -0.2) is 4.98 Å². The smallest absolute Gasteiger partial charge is 0.228 e. The van der Waals surface area contributed by atoms with Gasteiger partial charge in [-0.1, -0.05) is 0 Å². The molecule has 6 nitrogen and oxygen atoms in total. The molecule has 0 bridgehead atoms. The van der Waals surface area contributed by atoms with Crippen LogP contribution in [0, 0.1) is 6.92 Å². The van der Waals surface area contributed by atoms with Crippen molar-refractivity contribution in [3.05, 3.63) is 10.9 Å². The molecular formula is C13H17N5OS. The third-order valence-electron chi connectivity index (χ3n) is 3.59. The number of nitrogens with one attached hydrogen (secondary N) is 1. The highest BCUT2D eigenvalue weighted by atomic mass is 32.1. The van der Waals surface area contributed by atoms with Crippen molar-refractivity contribution >= 4 is 39.7 Å². The first kappa shape index (κ1) is 13.1. The Hall–Kier alpha value is -1.89. The van der Waals surface area contributed by atoms with Crippen molar-refractivity contribution in [2.24, 2.45) is 0 Å². The Kier molecular flexibility index (Phi) is 3.43. The molecule has 0 aliphatic carbocycles. The number of carbonyl (C=O) groups is 1. The van der Waals surface area contributed by atoms with Crippen LogP contribution in [0.5, 0.6) is 0 Å². The number of thiophene rings is 1. The Morgan fingerprint density at radius 1 is 1.30 bits per heavy atom. The molecule has 0 radical (unpaired) electrons. The number of hydrogen-bond donors (Lipinski definition) is 1. The Morgan fingerprint density at radius 2 is 2.05 bits per heavy atom. The van der Waals surface area contributed by atoms with Crippen molar-refractivity contribution in [3.63, 3.8) is 0 Å². The number of aromatic nitrogens is 2. The van der Waals surface area contributed by atoms with Gasteiger partial charge in [0, 0.05) is 33.2 Å². The number of anilines is 2. The van der Waals surface area contributed by atoms with E-state index < -0.39 is 0 Å². The summed E-state index contributed by atoms with van der Waals surface area (Å²) in [5.41, 5.74) is 1.20. The average molecular weight is 291 g/mol. The second-order valence-electron chi connectivity index (χ2n) is 4.85. The maximum absolute atomic E-state index is 10.7. The third-order valence-corrected chi connectivity index (χ3v) is 4.58. The summed E-state index contributed by atoms with van der Waals surface area (Å²) in [6.07, 6.45) is 0.906. The molecule has 7 heteroatoms. The number of carbonyl (C=O) groups excluding carboxylic acids is 1. The first-order valence-electron chi connectivity index (χ1n) is 6.61. The highest BCUT2D eigenvalue weighted by Gasteiger charge is 2.20. The summed E-state index contributed by atoms with van der Waals surface area (Å²) >= 11 is 1.64. The number of hydrogen-bond acceptors (Lipinski definition) is 6. The van der Waals surface area contributed by atoms with E-state index in [-0.39, 0.29) is 0 Å². The number of piperazine rings is 1. The molecule has 3 rings (SSSR count). The van der Waals surface area contributed by atoms with Crippen molar-refractivity contribution < 1.29 is 4.79 Å². The molecule has 0 atom stereocenters. The van der Waals surface area contributed by atoms with E-state index >= 15 is 0 Å². The highest BCUT2D eigenvalue weighted by Crippen LogP contribution is 2.31. The standard InChI is InChI=1S/C13H17N5OS/c1-9-7-20-12-10(9)11(14-2)15-13(16-12)18-5-3-17(8-19)4-6-18/h7-8H,3-6H2,1-2H3,(H,14,15,16). The zero-order chi connectivity index (χ0) is 14.1. The van der Waals surface area contributed by atoms with Gasteiger partial charge in [0.25, 0.3) is 0 Å². The van der Waals surface area contributed by atoms with E-state index in [0.717, 1.165) is 54.6 Å². The fraction of sp³-hybridized carbons (Fsp3) is 0.462. The zero-order valence-corrected chi connectivity index (χ0v) is 12.4. The van der Waals surface area contributed by atoms with Crippen LogP contribution in [0.4, 0.5) is 11.8 Å². The average Bonchev–Trinajstić information content (AvgIpc) is 2.88. The lowest BCUT2D eigenvalue weighted by molar-refractivity contribution is -0.118. The lowest BCUT2D eigenvalue weighted by Crippen LogP contribution is -2.46. The normalized spacial score (nSPS) is 15.7. The quantitative estimate of drug-likeness (QED) is 0.864. The molecule has 1 aliphatic heterocycles. The van der Waals surface area contributed by atoms with Crippen molar-refractivity contribution in [1.29, 1.82) is 0 Å². The second-order valence-corrected chi connectivity index (χ2v) is 5.71. The molecule has 1 N–H and O–H groups in total. The fourth-order valence-corrected chi connectivity index (χ4v) is 3.34. The molecule has 1 saturated heterocycles. The van der Waals surface area contributed by atoms with Gasteiger partial charge in [0.05, 0.1) is 5.39 Å². The van der Waals surface area contributed by atoms with Gasteiger partial charge in [-0.15, -0.1) is 11.3 Å². The van der Waals surface area contributed by atoms with Crippen LogP contribution in [-0.2, 0) is 4.79 Å². The van der Waals surface area contributed by atoms with Crippen LogP contribution in [0.15, 0.2) is 5.38 Å². The van der Waals surface area contributed by atoms with Gasteiger partial charge in [-0.05, 0) is 17.9 Å². The summed E-state index contributed by atoms with van der Waals surface area (Å²) in [5.74, 6) is 1.62. The minimum atomic E-state index is 0.725. The predicted octanol–water partition coefficient (Wildman–Crippen LogP) is 1.32. The Bertz CT molecular complexity index is 633. The number of aryl methyl sites for hydroxylation is 1. The molecule has 0 unspecified atom stereocenters. The van der Waals surface area contributed by atoms with Crippen molar-refractivity contribution in [2.75, 3.05) is 43.4 Å². The number of nitrogens with zero attached hydrogens (tertiary/aromatic N) is 4. The Morgan fingerprint density at radius 3 is 2.70 bits per heavy atom. The van der Waals surface area contributed by atoms with Crippen LogP contribution >= 0.6 is 11.3 Å². The molecule has 1 aliphatic rings. The molecule has 3 heterocycles. The predicted molar refractivity (Wildman–Crippen MR) is 81.5 cm³/mol. The number of fused-ring (bicyclic) bond motifs is 1. The van der Waals surface area contributed by atoms with Crippen LogP contribution in [0.1, 0.15) is 5.56 Å². The maximum Gasteiger partial charge on any atom is 0.228 e. The van der Waals surface area contributed by atoms with Crippen LogP contribution in [0.2, 0.25) is 0 Å². The number of rotatable bonds is 3. The molecule has 0 aromatic carbocycles. The van der Waals surface area contributed by atoms with E-state index in [1.807, 2.05) is 7.05 Å². The summed E-state index contributed by atoms with van der Waals surface area (Å²) in [7, 11) is 1.88. The maximum atomic E-state index is 10.7. The Balaban J connectivity index is 1.94. The third kappa shape index (κ3) is 2.18. The van der Waals surface area contributed by atoms with Crippen molar-refractivity contribution in [3.8, 4) is 0 Å². The SMILES string of the molecule is CNc1nc(N2CCN(C=O)CC2)nc2scc(C)c12. The molecular weight excluding hydrogens is 274 g/mol. The van der Waals surface area contributed by atoms with E-state index in [4.69, 9.17) is 0 Å². The first-order valence-corrected chi connectivity index (χ1v) is 7.49. The fourth-order valence-electron chi connectivity index (χ4n) is 2.42. The van der Waals surface area contributed by atoms with Gasteiger partial charge in [0.2, 0.25) is 12.4 Å².